The van der Waals surface area contributed by atoms with Gasteiger partial charge in [-0.3, -0.25) is 10.1 Å². The highest BCUT2D eigenvalue weighted by molar-refractivity contribution is 5.88. The molecule has 0 bridgehead atoms. The van der Waals surface area contributed by atoms with Crippen LogP contribution in [0.25, 0.3) is 22.4 Å². The normalized spacial score (nSPS) is 12.3. The van der Waals surface area contributed by atoms with Crippen LogP contribution >= 0.6 is 0 Å². The fourth-order valence-electron chi connectivity index (χ4n) is 3.54. The van der Waals surface area contributed by atoms with Crippen LogP contribution in [0.1, 0.15) is 33.6 Å². The second-order valence-corrected chi connectivity index (χ2v) is 7.28. The number of pyridine rings is 1. The second-order valence-electron chi connectivity index (χ2n) is 7.28. The van der Waals surface area contributed by atoms with E-state index in [-0.39, 0.29) is 11.9 Å². The lowest BCUT2D eigenvalue weighted by Gasteiger charge is -2.20. The fourth-order valence-corrected chi connectivity index (χ4v) is 3.54. The van der Waals surface area contributed by atoms with Crippen LogP contribution in [0.5, 0.6) is 0 Å². The van der Waals surface area contributed by atoms with Gasteiger partial charge in [-0.1, -0.05) is 13.8 Å². The monoisotopic (exact) mass is 395 g/mol. The molecule has 2 N–H and O–H groups in total. The number of nitrogens with one attached hydrogen (secondary N) is 2. The van der Waals surface area contributed by atoms with Crippen LogP contribution in [0.2, 0.25) is 0 Å². The van der Waals surface area contributed by atoms with Crippen molar-refractivity contribution in [3.8, 4) is 22.4 Å². The Labute approximate surface area is 172 Å². The third-order valence-electron chi connectivity index (χ3n) is 5.26. The Hall–Kier alpha value is -2.73. The van der Waals surface area contributed by atoms with Crippen LogP contribution in [-0.2, 0) is 0 Å². The van der Waals surface area contributed by atoms with E-state index in [1.807, 2.05) is 12.1 Å². The van der Waals surface area contributed by atoms with E-state index in [1.165, 1.54) is 12.1 Å². The Kier molecular flexibility index (Phi) is 7.36. The maximum Gasteiger partial charge on any atom is 0.156 e. The minimum absolute atomic E-state index is 0.251. The largest absolute Gasteiger partial charge is 0.366 e. The average molecular weight is 396 g/mol. The van der Waals surface area contributed by atoms with Crippen LogP contribution in [-0.4, -0.2) is 45.8 Å². The summed E-state index contributed by atoms with van der Waals surface area (Å²) >= 11 is 0. The first-order valence-corrected chi connectivity index (χ1v) is 10.4. The molecule has 1 unspecified atom stereocenters. The molecule has 0 spiro atoms. The van der Waals surface area contributed by atoms with E-state index < -0.39 is 0 Å². The van der Waals surface area contributed by atoms with Crippen LogP contribution < -0.4 is 5.32 Å². The number of aromatic amines is 1. The number of halogens is 1. The van der Waals surface area contributed by atoms with Crippen LogP contribution in [0.15, 0.2) is 48.8 Å². The topological polar surface area (TPSA) is 56.8 Å². The number of nitrogens with zero attached hydrogens (tertiary/aromatic N) is 3. The van der Waals surface area contributed by atoms with Gasteiger partial charge in [0.2, 0.25) is 0 Å². The number of H-pyrrole nitrogens is 1. The zero-order chi connectivity index (χ0) is 20.6. The third-order valence-corrected chi connectivity index (χ3v) is 5.26. The van der Waals surface area contributed by atoms with E-state index in [4.69, 9.17) is 0 Å². The van der Waals surface area contributed by atoms with E-state index in [1.54, 1.807) is 24.5 Å². The third kappa shape index (κ3) is 5.41. The minimum Gasteiger partial charge on any atom is -0.366 e. The van der Waals surface area contributed by atoms with Crippen molar-refractivity contribution < 1.29 is 4.39 Å². The molecule has 1 atom stereocenters. The summed E-state index contributed by atoms with van der Waals surface area (Å²) in [5, 5.41) is 11.3. The maximum atomic E-state index is 13.4. The van der Waals surface area contributed by atoms with Crippen molar-refractivity contribution in [1.29, 1.82) is 0 Å². The zero-order valence-electron chi connectivity index (χ0n) is 17.5. The summed E-state index contributed by atoms with van der Waals surface area (Å²) in [6.45, 7) is 9.87. The lowest BCUT2D eigenvalue weighted by Crippen LogP contribution is -2.25. The number of hydrogen-bond donors (Lipinski definition) is 2. The molecule has 154 valence electrons. The van der Waals surface area contributed by atoms with Crippen molar-refractivity contribution in [1.82, 2.24) is 20.1 Å². The summed E-state index contributed by atoms with van der Waals surface area (Å²) in [6, 6.07) is 10.7. The molecule has 0 fully saturated rings. The Morgan fingerprint density at radius 1 is 1.03 bits per heavy atom. The van der Waals surface area contributed by atoms with E-state index >= 15 is 0 Å². The predicted octanol–water partition coefficient (Wildman–Crippen LogP) is 5.20. The molecule has 2 heterocycles. The van der Waals surface area contributed by atoms with Gasteiger partial charge in [-0.2, -0.15) is 5.10 Å². The van der Waals surface area contributed by atoms with Gasteiger partial charge in [0, 0.05) is 24.0 Å². The summed E-state index contributed by atoms with van der Waals surface area (Å²) < 4.78 is 13.4. The Bertz CT molecular complexity index is 872. The van der Waals surface area contributed by atoms with E-state index in [2.05, 4.69) is 46.2 Å². The lowest BCUT2D eigenvalue weighted by molar-refractivity contribution is 0.295. The smallest absolute Gasteiger partial charge is 0.156 e. The highest BCUT2D eigenvalue weighted by atomic mass is 19.1. The summed E-state index contributed by atoms with van der Waals surface area (Å²) in [4.78, 5) is 6.57. The van der Waals surface area contributed by atoms with Gasteiger partial charge in [0.1, 0.15) is 5.82 Å². The van der Waals surface area contributed by atoms with Gasteiger partial charge in [0.05, 0.1) is 11.3 Å². The van der Waals surface area contributed by atoms with Crippen LogP contribution in [0, 0.1) is 5.82 Å². The second kappa shape index (κ2) is 10.2. The maximum absolute atomic E-state index is 13.4. The van der Waals surface area contributed by atoms with Gasteiger partial charge >= 0.3 is 0 Å². The predicted molar refractivity (Wildman–Crippen MR) is 117 cm³/mol. The van der Waals surface area contributed by atoms with Gasteiger partial charge in [-0.25, -0.2) is 4.39 Å². The molecule has 0 aliphatic carbocycles. The molecule has 0 aliphatic heterocycles. The first-order chi connectivity index (χ1) is 14.1. The highest BCUT2D eigenvalue weighted by Gasteiger charge is 2.18. The van der Waals surface area contributed by atoms with Crippen molar-refractivity contribution >= 4 is 5.82 Å². The van der Waals surface area contributed by atoms with Crippen molar-refractivity contribution in [3.63, 3.8) is 0 Å². The summed E-state index contributed by atoms with van der Waals surface area (Å²) in [6.07, 6.45) is 5.74. The quantitative estimate of drug-likeness (QED) is 0.495. The van der Waals surface area contributed by atoms with Crippen molar-refractivity contribution in [3.05, 3.63) is 54.6 Å². The van der Waals surface area contributed by atoms with Crippen LogP contribution in [0.4, 0.5) is 10.2 Å². The number of aromatic nitrogens is 3. The zero-order valence-corrected chi connectivity index (χ0v) is 17.5. The summed E-state index contributed by atoms with van der Waals surface area (Å²) in [5.41, 5.74) is 3.77. The molecule has 0 radical (unpaired) electrons. The molecule has 29 heavy (non-hydrogen) atoms. The van der Waals surface area contributed by atoms with Crippen molar-refractivity contribution in [2.24, 2.45) is 0 Å². The fraction of sp³-hybridized carbons (Fsp3) is 0.391. The number of hydrogen-bond acceptors (Lipinski definition) is 4. The molecule has 3 aromatic rings. The molecule has 3 rings (SSSR count). The Balaban J connectivity index is 1.81. The first kappa shape index (κ1) is 21.0. The number of rotatable bonds is 10. The van der Waals surface area contributed by atoms with Gasteiger partial charge in [0.15, 0.2) is 5.82 Å². The van der Waals surface area contributed by atoms with Gasteiger partial charge in [-0.05, 0) is 81.4 Å². The van der Waals surface area contributed by atoms with E-state index in [0.29, 0.717) is 0 Å². The summed E-state index contributed by atoms with van der Waals surface area (Å²) in [7, 11) is 0. The molecule has 0 saturated heterocycles. The van der Waals surface area contributed by atoms with Crippen molar-refractivity contribution in [2.45, 2.75) is 39.7 Å². The molecule has 0 saturated carbocycles. The highest BCUT2D eigenvalue weighted by Crippen LogP contribution is 2.36. The number of benzene rings is 1. The molecular weight excluding hydrogens is 365 g/mol. The van der Waals surface area contributed by atoms with Gasteiger partial charge in [-0.15, -0.1) is 0 Å². The number of anilines is 1. The van der Waals surface area contributed by atoms with Crippen molar-refractivity contribution in [2.75, 3.05) is 25.0 Å². The molecule has 0 aliphatic rings. The Morgan fingerprint density at radius 2 is 1.72 bits per heavy atom. The molecule has 0 amide bonds. The van der Waals surface area contributed by atoms with E-state index in [9.17, 15) is 4.39 Å². The molecule has 2 aromatic heterocycles. The Morgan fingerprint density at radius 3 is 2.38 bits per heavy atom. The van der Waals surface area contributed by atoms with Gasteiger partial charge < -0.3 is 10.2 Å². The molecule has 6 heteroatoms. The molecular formula is C23H30FN5. The molecule has 1 aromatic carbocycles. The summed E-state index contributed by atoms with van der Waals surface area (Å²) in [5.74, 6) is 0.560. The SMILES string of the molecule is CCN(CC)CCCC(C)Nc1n[nH]c(-c2ccc(F)cc2)c1-c1ccncc1. The van der Waals surface area contributed by atoms with E-state index in [0.717, 1.165) is 60.7 Å². The molecule has 5 nitrogen and oxygen atoms in total. The minimum atomic E-state index is -0.251. The van der Waals surface area contributed by atoms with Gasteiger partial charge in [0.25, 0.3) is 0 Å². The first-order valence-electron chi connectivity index (χ1n) is 10.4. The standard InChI is InChI=1S/C23H30FN5/c1-4-29(5-2)16-6-7-17(3)26-23-21(18-12-14-25-15-13-18)22(27-28-23)19-8-10-20(24)11-9-19/h8-15,17H,4-7,16H2,1-3H3,(H2,26,27,28). The lowest BCUT2D eigenvalue weighted by atomic mass is 10.0. The average Bonchev–Trinajstić information content (AvgIpc) is 3.15. The van der Waals surface area contributed by atoms with Crippen LogP contribution in [0.3, 0.4) is 0 Å².